The van der Waals surface area contributed by atoms with Crippen LogP contribution in [0.25, 0.3) is 0 Å². The SMILES string of the molecule is Clc1ccc(CCNC(=NCCc2ccco2)NCCc2ccccc2)cn1. The highest BCUT2D eigenvalue weighted by Crippen LogP contribution is 2.05. The highest BCUT2D eigenvalue weighted by atomic mass is 35.5. The highest BCUT2D eigenvalue weighted by molar-refractivity contribution is 6.29. The fourth-order valence-corrected chi connectivity index (χ4v) is 2.87. The fraction of sp³-hybridized carbons (Fsp3) is 0.273. The van der Waals surface area contributed by atoms with Crippen molar-refractivity contribution in [1.29, 1.82) is 0 Å². The summed E-state index contributed by atoms with van der Waals surface area (Å²) in [6.07, 6.45) is 6.07. The Hall–Kier alpha value is -2.79. The van der Waals surface area contributed by atoms with Gasteiger partial charge < -0.3 is 15.1 Å². The van der Waals surface area contributed by atoms with Crippen molar-refractivity contribution in [3.63, 3.8) is 0 Å². The smallest absolute Gasteiger partial charge is 0.191 e. The molecule has 0 atom stereocenters. The van der Waals surface area contributed by atoms with E-state index in [0.29, 0.717) is 11.7 Å². The lowest BCUT2D eigenvalue weighted by atomic mass is 10.1. The van der Waals surface area contributed by atoms with Crippen LogP contribution in [0, 0.1) is 0 Å². The summed E-state index contributed by atoms with van der Waals surface area (Å²) < 4.78 is 5.38. The van der Waals surface area contributed by atoms with Crippen LogP contribution in [-0.2, 0) is 19.3 Å². The Morgan fingerprint density at radius 3 is 2.36 bits per heavy atom. The molecule has 0 unspecified atom stereocenters. The summed E-state index contributed by atoms with van der Waals surface area (Å²) in [5.74, 6) is 1.75. The first-order valence-corrected chi connectivity index (χ1v) is 9.86. The van der Waals surface area contributed by atoms with Gasteiger partial charge in [-0.1, -0.05) is 48.0 Å². The molecule has 0 aliphatic rings. The number of hydrogen-bond donors (Lipinski definition) is 2. The minimum atomic E-state index is 0.513. The Bertz CT molecular complexity index is 833. The average Bonchev–Trinajstić information content (AvgIpc) is 3.23. The van der Waals surface area contributed by atoms with Gasteiger partial charge in [0.15, 0.2) is 5.96 Å². The van der Waals surface area contributed by atoms with Crippen molar-refractivity contribution >= 4 is 17.6 Å². The topological polar surface area (TPSA) is 62.5 Å². The van der Waals surface area contributed by atoms with E-state index >= 15 is 0 Å². The van der Waals surface area contributed by atoms with Gasteiger partial charge in [-0.3, -0.25) is 4.99 Å². The summed E-state index contributed by atoms with van der Waals surface area (Å²) >= 11 is 5.84. The summed E-state index contributed by atoms with van der Waals surface area (Å²) in [5, 5.41) is 7.33. The first kappa shape index (κ1) is 20.0. The quantitative estimate of drug-likeness (QED) is 0.327. The Kier molecular flexibility index (Phi) is 7.94. The van der Waals surface area contributed by atoms with Gasteiger partial charge in [0.1, 0.15) is 10.9 Å². The molecule has 3 rings (SSSR count). The van der Waals surface area contributed by atoms with E-state index in [9.17, 15) is 0 Å². The van der Waals surface area contributed by atoms with Gasteiger partial charge in [-0.2, -0.15) is 0 Å². The van der Waals surface area contributed by atoms with Crippen molar-refractivity contribution in [3.05, 3.63) is 89.1 Å². The zero-order chi connectivity index (χ0) is 19.4. The Morgan fingerprint density at radius 1 is 0.893 bits per heavy atom. The van der Waals surface area contributed by atoms with E-state index in [1.165, 1.54) is 5.56 Å². The molecule has 0 saturated carbocycles. The number of benzene rings is 1. The van der Waals surface area contributed by atoms with E-state index in [-0.39, 0.29) is 0 Å². The number of furan rings is 1. The van der Waals surface area contributed by atoms with Gasteiger partial charge in [-0.05, 0) is 42.2 Å². The third-order valence-electron chi connectivity index (χ3n) is 4.25. The molecule has 5 nitrogen and oxygen atoms in total. The molecule has 0 aliphatic heterocycles. The van der Waals surface area contributed by atoms with Crippen LogP contribution in [-0.4, -0.2) is 30.6 Å². The standard InChI is InChI=1S/C22H25ClN4O/c23-21-9-8-19(17-27-21)11-14-25-22(26-15-12-20-7-4-16-28-20)24-13-10-18-5-2-1-3-6-18/h1-9,16-17H,10-15H2,(H2,24,25,26). The second-order valence-electron chi connectivity index (χ2n) is 6.39. The summed E-state index contributed by atoms with van der Waals surface area (Å²) in [6.45, 7) is 2.25. The average molecular weight is 397 g/mol. The molecule has 0 spiro atoms. The summed E-state index contributed by atoms with van der Waals surface area (Å²) in [6, 6.07) is 18.1. The molecule has 0 aliphatic carbocycles. The molecular formula is C22H25ClN4O. The predicted molar refractivity (Wildman–Crippen MR) is 114 cm³/mol. The molecule has 2 heterocycles. The van der Waals surface area contributed by atoms with E-state index in [1.54, 1.807) is 12.5 Å². The minimum Gasteiger partial charge on any atom is -0.469 e. The van der Waals surface area contributed by atoms with Crippen molar-refractivity contribution < 1.29 is 4.42 Å². The Morgan fingerprint density at radius 2 is 1.68 bits per heavy atom. The molecule has 1 aromatic carbocycles. The Labute approximate surface area is 170 Å². The molecule has 0 bridgehead atoms. The molecule has 2 aromatic heterocycles. The lowest BCUT2D eigenvalue weighted by Crippen LogP contribution is -2.39. The largest absolute Gasteiger partial charge is 0.469 e. The molecule has 2 N–H and O–H groups in total. The third-order valence-corrected chi connectivity index (χ3v) is 4.48. The van der Waals surface area contributed by atoms with Crippen LogP contribution in [0.15, 0.2) is 76.5 Å². The number of guanidine groups is 1. The maximum absolute atomic E-state index is 5.84. The van der Waals surface area contributed by atoms with Crippen LogP contribution < -0.4 is 10.6 Å². The molecular weight excluding hydrogens is 372 g/mol. The normalized spacial score (nSPS) is 11.4. The first-order chi connectivity index (χ1) is 13.8. The fourth-order valence-electron chi connectivity index (χ4n) is 2.76. The summed E-state index contributed by atoms with van der Waals surface area (Å²) in [7, 11) is 0. The molecule has 0 amide bonds. The van der Waals surface area contributed by atoms with E-state index in [4.69, 9.17) is 16.0 Å². The van der Waals surface area contributed by atoms with Crippen LogP contribution in [0.4, 0.5) is 0 Å². The van der Waals surface area contributed by atoms with Gasteiger partial charge in [0, 0.05) is 32.3 Å². The second-order valence-corrected chi connectivity index (χ2v) is 6.78. The lowest BCUT2D eigenvalue weighted by molar-refractivity contribution is 0.510. The van der Waals surface area contributed by atoms with Crippen LogP contribution in [0.1, 0.15) is 16.9 Å². The molecule has 0 radical (unpaired) electrons. The number of nitrogens with one attached hydrogen (secondary N) is 2. The maximum atomic E-state index is 5.84. The Balaban J connectivity index is 1.49. The minimum absolute atomic E-state index is 0.513. The van der Waals surface area contributed by atoms with Gasteiger partial charge in [-0.15, -0.1) is 0 Å². The monoisotopic (exact) mass is 396 g/mol. The second kappa shape index (κ2) is 11.1. The molecule has 0 saturated heterocycles. The van der Waals surface area contributed by atoms with Gasteiger partial charge >= 0.3 is 0 Å². The van der Waals surface area contributed by atoms with Crippen molar-refractivity contribution in [2.75, 3.05) is 19.6 Å². The lowest BCUT2D eigenvalue weighted by Gasteiger charge is -2.13. The number of pyridine rings is 1. The number of halogens is 1. The number of rotatable bonds is 9. The molecule has 6 heteroatoms. The van der Waals surface area contributed by atoms with Gasteiger partial charge in [0.2, 0.25) is 0 Å². The zero-order valence-corrected chi connectivity index (χ0v) is 16.5. The third kappa shape index (κ3) is 7.08. The highest BCUT2D eigenvalue weighted by Gasteiger charge is 2.01. The molecule has 3 aromatic rings. The van der Waals surface area contributed by atoms with Crippen molar-refractivity contribution in [2.45, 2.75) is 19.3 Å². The summed E-state index contributed by atoms with van der Waals surface area (Å²) in [5.41, 5.74) is 2.44. The maximum Gasteiger partial charge on any atom is 0.191 e. The van der Waals surface area contributed by atoms with Crippen molar-refractivity contribution in [2.24, 2.45) is 4.99 Å². The number of aliphatic imine (C=N–C) groups is 1. The van der Waals surface area contributed by atoms with Crippen LogP contribution in [0.2, 0.25) is 5.15 Å². The van der Waals surface area contributed by atoms with Crippen molar-refractivity contribution in [3.8, 4) is 0 Å². The number of nitrogens with zero attached hydrogens (tertiary/aromatic N) is 2. The van der Waals surface area contributed by atoms with Crippen LogP contribution in [0.5, 0.6) is 0 Å². The predicted octanol–water partition coefficient (Wildman–Crippen LogP) is 3.89. The number of hydrogen-bond acceptors (Lipinski definition) is 3. The van der Waals surface area contributed by atoms with Gasteiger partial charge in [0.25, 0.3) is 0 Å². The van der Waals surface area contributed by atoms with E-state index in [2.05, 4.69) is 44.9 Å². The van der Waals surface area contributed by atoms with E-state index < -0.39 is 0 Å². The van der Waals surface area contributed by atoms with Gasteiger partial charge in [0.05, 0.1) is 6.26 Å². The zero-order valence-electron chi connectivity index (χ0n) is 15.8. The first-order valence-electron chi connectivity index (χ1n) is 9.48. The number of aromatic nitrogens is 1. The van der Waals surface area contributed by atoms with E-state index in [1.807, 2.05) is 30.3 Å². The van der Waals surface area contributed by atoms with E-state index in [0.717, 1.165) is 49.6 Å². The molecule has 146 valence electrons. The molecule has 28 heavy (non-hydrogen) atoms. The van der Waals surface area contributed by atoms with Gasteiger partial charge in [-0.25, -0.2) is 4.98 Å². The summed E-state index contributed by atoms with van der Waals surface area (Å²) in [4.78, 5) is 8.79. The van der Waals surface area contributed by atoms with Crippen LogP contribution in [0.3, 0.4) is 0 Å². The van der Waals surface area contributed by atoms with Crippen molar-refractivity contribution in [1.82, 2.24) is 15.6 Å². The molecule has 0 fully saturated rings. The van der Waals surface area contributed by atoms with Crippen LogP contribution >= 0.6 is 11.6 Å².